The predicted octanol–water partition coefficient (Wildman–Crippen LogP) is -0.443. The molecule has 90 valence electrons. The molecule has 0 bridgehead atoms. The number of nitrogens with zero attached hydrogens (tertiary/aromatic N) is 2. The Morgan fingerprint density at radius 2 is 2.35 bits per heavy atom. The summed E-state index contributed by atoms with van der Waals surface area (Å²) in [6.07, 6.45) is 5.13. The quantitative estimate of drug-likeness (QED) is 0.678. The second kappa shape index (κ2) is 3.90. The van der Waals surface area contributed by atoms with E-state index in [1.54, 1.807) is 6.92 Å². The van der Waals surface area contributed by atoms with Gasteiger partial charge in [-0.05, 0) is 13.0 Å². The highest BCUT2D eigenvalue weighted by molar-refractivity contribution is 6.32. The van der Waals surface area contributed by atoms with E-state index in [-0.39, 0.29) is 12.1 Å². The lowest BCUT2D eigenvalue weighted by atomic mass is 10.0. The second-order valence-electron chi connectivity index (χ2n) is 3.98. The molecule has 17 heavy (non-hydrogen) atoms. The number of Topliss-reactive ketones (excluding diaryl/α,β-unsaturated/α-hetero) is 1. The van der Waals surface area contributed by atoms with Crippen LogP contribution < -0.4 is 0 Å². The molecule has 0 saturated heterocycles. The van der Waals surface area contributed by atoms with Gasteiger partial charge in [-0.1, -0.05) is 6.08 Å². The van der Waals surface area contributed by atoms with E-state index >= 15 is 0 Å². The first kappa shape index (κ1) is 11.7. The number of hydrogen-bond donors (Lipinski definition) is 2. The number of aliphatic imine (C=N–C) groups is 1. The molecule has 0 aromatic heterocycles. The third-order valence-corrected chi connectivity index (χ3v) is 3.06. The fourth-order valence-corrected chi connectivity index (χ4v) is 2.07. The SMILES string of the molecule is CC1C(C(=O)O)=CCN1C1(O)C=CN=CC1=O. The van der Waals surface area contributed by atoms with Gasteiger partial charge in [0.2, 0.25) is 11.5 Å². The van der Waals surface area contributed by atoms with Gasteiger partial charge in [0.25, 0.3) is 0 Å². The Labute approximate surface area is 97.6 Å². The van der Waals surface area contributed by atoms with Crippen LogP contribution in [0.1, 0.15) is 6.92 Å². The van der Waals surface area contributed by atoms with Gasteiger partial charge in [0.1, 0.15) is 0 Å². The Morgan fingerprint density at radius 1 is 1.65 bits per heavy atom. The molecule has 0 aromatic carbocycles. The molecule has 0 spiro atoms. The van der Waals surface area contributed by atoms with E-state index < -0.39 is 23.5 Å². The number of carbonyl (C=O) groups is 2. The first-order chi connectivity index (χ1) is 7.97. The minimum absolute atomic E-state index is 0.183. The van der Waals surface area contributed by atoms with Crippen molar-refractivity contribution in [1.82, 2.24) is 4.90 Å². The Kier molecular flexibility index (Phi) is 2.68. The predicted molar refractivity (Wildman–Crippen MR) is 59.5 cm³/mol. The number of aliphatic hydroxyl groups is 1. The number of aliphatic carboxylic acids is 1. The Bertz CT molecular complexity index is 466. The minimum atomic E-state index is -1.80. The molecule has 2 aliphatic heterocycles. The smallest absolute Gasteiger partial charge is 0.332 e. The van der Waals surface area contributed by atoms with E-state index in [0.717, 1.165) is 6.21 Å². The van der Waals surface area contributed by atoms with Crippen molar-refractivity contribution >= 4 is 18.0 Å². The van der Waals surface area contributed by atoms with Crippen LogP contribution >= 0.6 is 0 Å². The lowest BCUT2D eigenvalue weighted by Crippen LogP contribution is -2.56. The van der Waals surface area contributed by atoms with Crippen LogP contribution in [0.4, 0.5) is 0 Å². The molecular weight excluding hydrogens is 224 g/mol. The molecule has 6 nitrogen and oxygen atoms in total. The Hall–Kier alpha value is -1.79. The van der Waals surface area contributed by atoms with E-state index in [1.807, 2.05) is 0 Å². The molecule has 2 rings (SSSR count). The maximum atomic E-state index is 11.7. The molecule has 2 heterocycles. The van der Waals surface area contributed by atoms with Gasteiger partial charge in [0.05, 0.1) is 11.8 Å². The number of carboxylic acid groups (broad SMARTS) is 1. The number of carboxylic acids is 1. The van der Waals surface area contributed by atoms with Crippen molar-refractivity contribution in [2.24, 2.45) is 4.99 Å². The molecule has 0 amide bonds. The summed E-state index contributed by atoms with van der Waals surface area (Å²) in [5.74, 6) is -1.60. The van der Waals surface area contributed by atoms with E-state index in [2.05, 4.69) is 4.99 Å². The lowest BCUT2D eigenvalue weighted by Gasteiger charge is -2.36. The van der Waals surface area contributed by atoms with Crippen LogP contribution in [0.2, 0.25) is 0 Å². The molecular formula is C11H12N2O4. The van der Waals surface area contributed by atoms with Crippen LogP contribution in [0.15, 0.2) is 28.9 Å². The zero-order chi connectivity index (χ0) is 12.6. The summed E-state index contributed by atoms with van der Waals surface area (Å²) >= 11 is 0. The summed E-state index contributed by atoms with van der Waals surface area (Å²) in [6, 6.07) is -0.530. The van der Waals surface area contributed by atoms with Crippen molar-refractivity contribution in [2.45, 2.75) is 18.7 Å². The third-order valence-electron chi connectivity index (χ3n) is 3.06. The third kappa shape index (κ3) is 1.71. The molecule has 2 unspecified atom stereocenters. The zero-order valence-corrected chi connectivity index (χ0v) is 9.20. The number of rotatable bonds is 2. The average Bonchev–Trinajstić information content (AvgIpc) is 2.65. The van der Waals surface area contributed by atoms with Crippen molar-refractivity contribution in [3.63, 3.8) is 0 Å². The van der Waals surface area contributed by atoms with Crippen molar-refractivity contribution in [3.8, 4) is 0 Å². The van der Waals surface area contributed by atoms with Gasteiger partial charge in [-0.15, -0.1) is 0 Å². The van der Waals surface area contributed by atoms with Crippen molar-refractivity contribution in [2.75, 3.05) is 6.54 Å². The topological polar surface area (TPSA) is 90.2 Å². The van der Waals surface area contributed by atoms with Gasteiger partial charge in [-0.2, -0.15) is 0 Å². The fourth-order valence-electron chi connectivity index (χ4n) is 2.07. The summed E-state index contributed by atoms with van der Waals surface area (Å²) in [7, 11) is 0. The maximum absolute atomic E-state index is 11.7. The van der Waals surface area contributed by atoms with Crippen LogP contribution in [0.25, 0.3) is 0 Å². The molecule has 0 fully saturated rings. The highest BCUT2D eigenvalue weighted by atomic mass is 16.4. The van der Waals surface area contributed by atoms with Gasteiger partial charge in [0, 0.05) is 18.8 Å². The largest absolute Gasteiger partial charge is 0.478 e. The molecule has 0 aromatic rings. The number of ketones is 1. The second-order valence-corrected chi connectivity index (χ2v) is 3.98. The van der Waals surface area contributed by atoms with Crippen molar-refractivity contribution in [3.05, 3.63) is 23.9 Å². The molecule has 0 aliphatic carbocycles. The summed E-state index contributed by atoms with van der Waals surface area (Å²) in [5, 5.41) is 19.2. The van der Waals surface area contributed by atoms with E-state index in [0.29, 0.717) is 0 Å². The highest BCUT2D eigenvalue weighted by Crippen LogP contribution is 2.28. The molecule has 6 heteroatoms. The maximum Gasteiger partial charge on any atom is 0.332 e. The first-order valence-corrected chi connectivity index (χ1v) is 5.14. The Balaban J connectivity index is 2.27. The van der Waals surface area contributed by atoms with Crippen molar-refractivity contribution in [1.29, 1.82) is 0 Å². The fraction of sp³-hybridized carbons (Fsp3) is 0.364. The number of carbonyl (C=O) groups excluding carboxylic acids is 1. The van der Waals surface area contributed by atoms with Crippen molar-refractivity contribution < 1.29 is 19.8 Å². The zero-order valence-electron chi connectivity index (χ0n) is 9.20. The Morgan fingerprint density at radius 3 is 2.88 bits per heavy atom. The summed E-state index contributed by atoms with van der Waals surface area (Å²) in [4.78, 5) is 27.6. The van der Waals surface area contributed by atoms with Crippen LogP contribution in [0.5, 0.6) is 0 Å². The molecule has 2 N–H and O–H groups in total. The summed E-state index contributed by atoms with van der Waals surface area (Å²) in [6.45, 7) is 1.85. The van der Waals surface area contributed by atoms with Crippen LogP contribution in [0, 0.1) is 0 Å². The van der Waals surface area contributed by atoms with E-state index in [1.165, 1.54) is 23.3 Å². The van der Waals surface area contributed by atoms with Gasteiger partial charge >= 0.3 is 5.97 Å². The molecule has 2 atom stereocenters. The molecule has 0 radical (unpaired) electrons. The van der Waals surface area contributed by atoms with Gasteiger partial charge in [-0.25, -0.2) is 4.79 Å². The highest BCUT2D eigenvalue weighted by Gasteiger charge is 2.45. The van der Waals surface area contributed by atoms with Crippen LogP contribution in [-0.4, -0.2) is 51.4 Å². The lowest BCUT2D eigenvalue weighted by molar-refractivity contribution is -0.145. The minimum Gasteiger partial charge on any atom is -0.478 e. The standard InChI is InChI=1S/C11H12N2O4/c1-7-8(10(15)16)2-5-13(7)11(17)3-4-12-6-9(11)14/h2-4,6-7,17H,5H2,1H3,(H,15,16). The van der Waals surface area contributed by atoms with Crippen LogP contribution in [0.3, 0.4) is 0 Å². The molecule has 2 aliphatic rings. The summed E-state index contributed by atoms with van der Waals surface area (Å²) in [5.41, 5.74) is -1.61. The van der Waals surface area contributed by atoms with E-state index in [4.69, 9.17) is 5.11 Å². The van der Waals surface area contributed by atoms with E-state index in [9.17, 15) is 14.7 Å². The van der Waals surface area contributed by atoms with Gasteiger partial charge in [0.15, 0.2) is 0 Å². The summed E-state index contributed by atoms with van der Waals surface area (Å²) < 4.78 is 0. The van der Waals surface area contributed by atoms with Crippen LogP contribution in [-0.2, 0) is 9.59 Å². The number of hydrogen-bond acceptors (Lipinski definition) is 5. The molecule has 0 saturated carbocycles. The average molecular weight is 236 g/mol. The first-order valence-electron chi connectivity index (χ1n) is 5.14. The monoisotopic (exact) mass is 236 g/mol. The van der Waals surface area contributed by atoms with Gasteiger partial charge < -0.3 is 10.2 Å². The normalized spacial score (nSPS) is 32.9. The van der Waals surface area contributed by atoms with Gasteiger partial charge in [-0.3, -0.25) is 14.7 Å².